The maximum Gasteiger partial charge on any atom is 0.319 e. The van der Waals surface area contributed by atoms with Crippen molar-refractivity contribution in [3.05, 3.63) is 102 Å². The standard InChI is InChI=1S/C33H33N5O5/c1-2-43-32(41)18-28(25-16-24-10-6-7-11-27(24)34-21-25)37-30(39)19-31(40)38-15-14-23-12-13-26(17-29(23)38)36-33(42)35-20-22-8-4-3-5-9-22/h3-13,16-17,21,28H,2,14-15,18-20H2,1H3,(H,37,39)(H2,35,36,42). The second-order valence-electron chi connectivity index (χ2n) is 10.2. The van der Waals surface area contributed by atoms with Crippen LogP contribution >= 0.6 is 0 Å². The number of rotatable bonds is 10. The molecule has 1 aromatic heterocycles. The molecule has 4 amide bonds. The van der Waals surface area contributed by atoms with E-state index in [1.54, 1.807) is 30.2 Å². The van der Waals surface area contributed by atoms with Crippen molar-refractivity contribution in [1.29, 1.82) is 0 Å². The lowest BCUT2D eigenvalue weighted by atomic mass is 10.0. The van der Waals surface area contributed by atoms with Crippen LogP contribution < -0.4 is 20.9 Å². The molecule has 0 fully saturated rings. The number of anilines is 2. The van der Waals surface area contributed by atoms with Gasteiger partial charge in [0.2, 0.25) is 11.8 Å². The van der Waals surface area contributed by atoms with Gasteiger partial charge in [-0.3, -0.25) is 19.4 Å². The number of ether oxygens (including phenoxy) is 1. The molecule has 43 heavy (non-hydrogen) atoms. The maximum atomic E-state index is 13.3. The van der Waals surface area contributed by atoms with E-state index in [2.05, 4.69) is 20.9 Å². The molecule has 0 aliphatic carbocycles. The van der Waals surface area contributed by atoms with E-state index in [-0.39, 0.29) is 25.0 Å². The number of nitrogens with zero attached hydrogens (tertiary/aromatic N) is 2. The Balaban J connectivity index is 1.23. The highest BCUT2D eigenvalue weighted by atomic mass is 16.5. The second kappa shape index (κ2) is 13.6. The molecule has 1 aliphatic rings. The average molecular weight is 580 g/mol. The molecule has 2 heterocycles. The molecule has 10 heteroatoms. The van der Waals surface area contributed by atoms with Gasteiger partial charge in [-0.05, 0) is 54.3 Å². The van der Waals surface area contributed by atoms with Crippen molar-refractivity contribution in [1.82, 2.24) is 15.6 Å². The number of carbonyl (C=O) groups excluding carboxylic acids is 4. The molecule has 1 aliphatic heterocycles. The zero-order valence-electron chi connectivity index (χ0n) is 23.8. The number of aromatic nitrogens is 1. The van der Waals surface area contributed by atoms with Crippen LogP contribution in [0.2, 0.25) is 0 Å². The van der Waals surface area contributed by atoms with Crippen LogP contribution in [0.15, 0.2) is 85.1 Å². The summed E-state index contributed by atoms with van der Waals surface area (Å²) in [6, 6.07) is 23.3. The van der Waals surface area contributed by atoms with E-state index in [0.29, 0.717) is 36.4 Å². The van der Waals surface area contributed by atoms with E-state index in [4.69, 9.17) is 4.74 Å². The number of carbonyl (C=O) groups is 4. The minimum atomic E-state index is -0.715. The molecule has 220 valence electrons. The topological polar surface area (TPSA) is 130 Å². The molecule has 0 saturated carbocycles. The molecule has 0 saturated heterocycles. The predicted molar refractivity (Wildman–Crippen MR) is 163 cm³/mol. The lowest BCUT2D eigenvalue weighted by Gasteiger charge is -2.21. The number of urea groups is 1. The number of nitrogens with one attached hydrogen (secondary N) is 3. The van der Waals surface area contributed by atoms with Gasteiger partial charge < -0.3 is 25.6 Å². The minimum absolute atomic E-state index is 0.0955. The molecule has 1 unspecified atom stereocenters. The van der Waals surface area contributed by atoms with Gasteiger partial charge in [-0.1, -0.05) is 54.6 Å². The van der Waals surface area contributed by atoms with Crippen molar-refractivity contribution in [3.63, 3.8) is 0 Å². The third-order valence-corrected chi connectivity index (χ3v) is 7.17. The van der Waals surface area contributed by atoms with Crippen molar-refractivity contribution >= 4 is 46.1 Å². The van der Waals surface area contributed by atoms with Gasteiger partial charge in [-0.2, -0.15) is 0 Å². The van der Waals surface area contributed by atoms with Gasteiger partial charge in [0.05, 0.1) is 24.6 Å². The Morgan fingerprint density at radius 3 is 2.58 bits per heavy atom. The molecule has 0 radical (unpaired) electrons. The fraction of sp³-hybridized carbons (Fsp3) is 0.242. The molecule has 0 bridgehead atoms. The normalized spacial score (nSPS) is 12.7. The SMILES string of the molecule is CCOC(=O)CC(NC(=O)CC(=O)N1CCc2ccc(NC(=O)NCc3ccccc3)cc21)c1cnc2ccccc2c1. The molecule has 10 nitrogen and oxygen atoms in total. The largest absolute Gasteiger partial charge is 0.466 e. The lowest BCUT2D eigenvalue weighted by molar-refractivity contribution is -0.143. The van der Waals surface area contributed by atoms with Crippen molar-refractivity contribution in [2.24, 2.45) is 0 Å². The molecular weight excluding hydrogens is 546 g/mol. The van der Waals surface area contributed by atoms with E-state index in [1.165, 1.54) is 0 Å². The Hall–Kier alpha value is -5.25. The van der Waals surface area contributed by atoms with Gasteiger partial charge in [-0.15, -0.1) is 0 Å². The first kappa shape index (κ1) is 29.2. The Bertz CT molecular complexity index is 1640. The second-order valence-corrected chi connectivity index (χ2v) is 10.2. The number of esters is 1. The van der Waals surface area contributed by atoms with E-state index < -0.39 is 24.3 Å². The highest BCUT2D eigenvalue weighted by Gasteiger charge is 2.28. The number of pyridine rings is 1. The monoisotopic (exact) mass is 579 g/mol. The maximum absolute atomic E-state index is 13.3. The summed E-state index contributed by atoms with van der Waals surface area (Å²) >= 11 is 0. The Labute approximate surface area is 249 Å². The first-order valence-electron chi connectivity index (χ1n) is 14.2. The van der Waals surface area contributed by atoms with Crippen molar-refractivity contribution in [3.8, 4) is 0 Å². The predicted octanol–water partition coefficient (Wildman–Crippen LogP) is 4.65. The molecule has 3 N–H and O–H groups in total. The van der Waals surface area contributed by atoms with Crippen LogP contribution in [0.3, 0.4) is 0 Å². The van der Waals surface area contributed by atoms with Crippen LogP contribution in [0.4, 0.5) is 16.2 Å². The summed E-state index contributed by atoms with van der Waals surface area (Å²) in [5, 5.41) is 9.33. The fourth-order valence-electron chi connectivity index (χ4n) is 5.07. The molecule has 3 aromatic carbocycles. The fourth-order valence-corrected chi connectivity index (χ4v) is 5.07. The van der Waals surface area contributed by atoms with Crippen LogP contribution in [-0.4, -0.2) is 42.0 Å². The van der Waals surface area contributed by atoms with Crippen LogP contribution in [0, 0.1) is 0 Å². The van der Waals surface area contributed by atoms with Gasteiger partial charge in [-0.25, -0.2) is 4.79 Å². The summed E-state index contributed by atoms with van der Waals surface area (Å²) in [5.41, 5.74) is 4.54. The highest BCUT2D eigenvalue weighted by molar-refractivity contribution is 6.06. The Kier molecular flexibility index (Phi) is 9.26. The van der Waals surface area contributed by atoms with Gasteiger partial charge in [0.1, 0.15) is 6.42 Å². The zero-order chi connectivity index (χ0) is 30.2. The summed E-state index contributed by atoms with van der Waals surface area (Å²) in [6.07, 6.45) is 1.75. The van der Waals surface area contributed by atoms with Crippen molar-refractivity contribution in [2.75, 3.05) is 23.4 Å². The molecule has 0 spiro atoms. The summed E-state index contributed by atoms with van der Waals surface area (Å²) in [4.78, 5) is 57.2. The third-order valence-electron chi connectivity index (χ3n) is 7.17. The van der Waals surface area contributed by atoms with Crippen molar-refractivity contribution < 1.29 is 23.9 Å². The van der Waals surface area contributed by atoms with Crippen LogP contribution in [-0.2, 0) is 32.1 Å². The van der Waals surface area contributed by atoms with Gasteiger partial charge >= 0.3 is 12.0 Å². The summed E-state index contributed by atoms with van der Waals surface area (Å²) in [7, 11) is 0. The smallest absolute Gasteiger partial charge is 0.319 e. The average Bonchev–Trinajstić information content (AvgIpc) is 3.43. The number of fused-ring (bicyclic) bond motifs is 2. The first-order valence-corrected chi connectivity index (χ1v) is 14.2. The van der Waals surface area contributed by atoms with E-state index in [0.717, 1.165) is 22.0 Å². The van der Waals surface area contributed by atoms with Gasteiger partial charge in [0.15, 0.2) is 0 Å². The Morgan fingerprint density at radius 2 is 1.77 bits per heavy atom. The lowest BCUT2D eigenvalue weighted by Crippen LogP contribution is -2.37. The van der Waals surface area contributed by atoms with Crippen LogP contribution in [0.1, 0.15) is 42.5 Å². The third kappa shape index (κ3) is 7.53. The van der Waals surface area contributed by atoms with Crippen LogP contribution in [0.5, 0.6) is 0 Å². The van der Waals surface area contributed by atoms with E-state index >= 15 is 0 Å². The highest BCUT2D eigenvalue weighted by Crippen LogP contribution is 2.31. The van der Waals surface area contributed by atoms with Gasteiger partial charge in [0, 0.05) is 36.0 Å². The summed E-state index contributed by atoms with van der Waals surface area (Å²) < 4.78 is 5.12. The number of amides is 4. The number of hydrogen-bond donors (Lipinski definition) is 3. The number of hydrogen-bond acceptors (Lipinski definition) is 6. The van der Waals surface area contributed by atoms with E-state index in [9.17, 15) is 19.2 Å². The summed E-state index contributed by atoms with van der Waals surface area (Å²) in [5.74, 6) is -1.36. The molecule has 1 atom stereocenters. The number of benzene rings is 3. The summed E-state index contributed by atoms with van der Waals surface area (Å²) in [6.45, 7) is 2.73. The quantitative estimate of drug-likeness (QED) is 0.185. The minimum Gasteiger partial charge on any atom is -0.466 e. The Morgan fingerprint density at radius 1 is 0.977 bits per heavy atom. The number of para-hydroxylation sites is 1. The van der Waals surface area contributed by atoms with Crippen molar-refractivity contribution in [2.45, 2.75) is 38.8 Å². The van der Waals surface area contributed by atoms with Crippen LogP contribution in [0.25, 0.3) is 10.9 Å². The molecular formula is C33H33N5O5. The molecule has 5 rings (SSSR count). The van der Waals surface area contributed by atoms with Gasteiger partial charge in [0.25, 0.3) is 0 Å². The first-order chi connectivity index (χ1) is 20.9. The zero-order valence-corrected chi connectivity index (χ0v) is 23.8. The molecule has 4 aromatic rings. The van der Waals surface area contributed by atoms with E-state index in [1.807, 2.05) is 66.7 Å².